The molecule has 0 heterocycles. The van der Waals surface area contributed by atoms with E-state index in [0.717, 1.165) is 24.3 Å². The van der Waals surface area contributed by atoms with E-state index in [1.165, 1.54) is 6.07 Å². The van der Waals surface area contributed by atoms with Crippen molar-refractivity contribution in [3.05, 3.63) is 59.9 Å². The molecule has 2 aromatic rings. The van der Waals surface area contributed by atoms with E-state index < -0.39 is 33.8 Å². The summed E-state index contributed by atoms with van der Waals surface area (Å²) in [5.41, 5.74) is 0.587. The van der Waals surface area contributed by atoms with Gasteiger partial charge in [0.15, 0.2) is 0 Å². The summed E-state index contributed by atoms with van der Waals surface area (Å²) < 4.78 is 45.3. The molecule has 0 aliphatic rings. The number of hydrogen-bond acceptors (Lipinski definition) is 5. The first-order chi connectivity index (χ1) is 13.6. The highest BCUT2D eigenvalue weighted by Gasteiger charge is 2.24. The van der Waals surface area contributed by atoms with Gasteiger partial charge in [-0.3, -0.25) is 4.79 Å². The minimum absolute atomic E-state index is 0.149. The zero-order valence-electron chi connectivity index (χ0n) is 16.3. The predicted octanol–water partition coefficient (Wildman–Crippen LogP) is 3.09. The number of carbonyl (C=O) groups excluding carboxylic acids is 2. The van der Waals surface area contributed by atoms with Crippen molar-refractivity contribution in [3.8, 4) is 0 Å². The van der Waals surface area contributed by atoms with Crippen LogP contribution in [0.2, 0.25) is 0 Å². The summed E-state index contributed by atoms with van der Waals surface area (Å²) in [5, 5.41) is 2.59. The summed E-state index contributed by atoms with van der Waals surface area (Å²) in [6.07, 6.45) is -0.104. The van der Waals surface area contributed by atoms with Gasteiger partial charge in [0.05, 0.1) is 16.6 Å². The number of anilines is 1. The lowest BCUT2D eigenvalue weighted by Crippen LogP contribution is -2.43. The maximum absolute atomic E-state index is 13.0. The lowest BCUT2D eigenvalue weighted by Gasteiger charge is -2.17. The van der Waals surface area contributed by atoms with Gasteiger partial charge in [-0.1, -0.05) is 13.0 Å². The van der Waals surface area contributed by atoms with Crippen molar-refractivity contribution >= 4 is 27.6 Å². The second-order valence-corrected chi connectivity index (χ2v) is 8.27. The molecule has 0 saturated heterocycles. The number of halogens is 1. The molecule has 2 aromatic carbocycles. The van der Waals surface area contributed by atoms with Crippen molar-refractivity contribution in [2.24, 2.45) is 0 Å². The molecule has 1 amide bonds. The summed E-state index contributed by atoms with van der Waals surface area (Å²) >= 11 is 0. The highest BCUT2D eigenvalue weighted by Crippen LogP contribution is 2.15. The number of carbonyl (C=O) groups is 2. The number of rotatable bonds is 8. The summed E-state index contributed by atoms with van der Waals surface area (Å²) in [4.78, 5) is 24.4. The topological polar surface area (TPSA) is 102 Å². The molecule has 9 heteroatoms. The Hall–Kier alpha value is -2.78. The van der Waals surface area contributed by atoms with Crippen molar-refractivity contribution in [1.82, 2.24) is 4.72 Å². The maximum atomic E-state index is 13.0. The van der Waals surface area contributed by atoms with Crippen molar-refractivity contribution in [3.63, 3.8) is 0 Å². The molecule has 2 rings (SSSR count). The van der Waals surface area contributed by atoms with Crippen LogP contribution in [0.3, 0.4) is 0 Å². The molecule has 0 spiro atoms. The summed E-state index contributed by atoms with van der Waals surface area (Å²) in [6.45, 7) is 5.10. The first-order valence-corrected chi connectivity index (χ1v) is 10.5. The molecule has 0 saturated carbocycles. The van der Waals surface area contributed by atoms with Crippen LogP contribution < -0.4 is 10.0 Å². The van der Waals surface area contributed by atoms with E-state index >= 15 is 0 Å². The molecule has 2 N–H and O–H groups in total. The molecule has 0 aromatic heterocycles. The maximum Gasteiger partial charge on any atom is 0.338 e. The van der Waals surface area contributed by atoms with Gasteiger partial charge < -0.3 is 10.1 Å². The van der Waals surface area contributed by atoms with Gasteiger partial charge in [0.1, 0.15) is 11.9 Å². The molecule has 0 aliphatic heterocycles. The van der Waals surface area contributed by atoms with Gasteiger partial charge in [0.2, 0.25) is 15.9 Å². The highest BCUT2D eigenvalue weighted by atomic mass is 32.2. The van der Waals surface area contributed by atoms with Crippen LogP contribution in [0.1, 0.15) is 37.6 Å². The highest BCUT2D eigenvalue weighted by molar-refractivity contribution is 7.89. The predicted molar refractivity (Wildman–Crippen MR) is 106 cm³/mol. The average molecular weight is 422 g/mol. The molecule has 156 valence electrons. The van der Waals surface area contributed by atoms with E-state index in [1.54, 1.807) is 39.0 Å². The van der Waals surface area contributed by atoms with Crippen LogP contribution in [0.5, 0.6) is 0 Å². The summed E-state index contributed by atoms with van der Waals surface area (Å²) in [5.74, 6) is -1.68. The van der Waals surface area contributed by atoms with Gasteiger partial charge >= 0.3 is 5.97 Å². The number of amides is 1. The summed E-state index contributed by atoms with van der Waals surface area (Å²) in [6, 6.07) is 9.38. The van der Waals surface area contributed by atoms with Crippen molar-refractivity contribution in [2.75, 3.05) is 5.32 Å². The Kier molecular flexibility index (Phi) is 7.46. The number of nitrogens with one attached hydrogen (secondary N) is 2. The number of esters is 1. The van der Waals surface area contributed by atoms with E-state index in [9.17, 15) is 22.4 Å². The van der Waals surface area contributed by atoms with Crippen LogP contribution in [0.25, 0.3) is 0 Å². The standard InChI is InChI=1S/C20H23FN2O5S/c1-4-18(23-29(26,27)17-10-8-15(21)9-11-17)19(24)22-16-7-5-6-14(12-16)20(25)28-13(2)3/h5-13,18,23H,4H2,1-3H3,(H,22,24). The summed E-state index contributed by atoms with van der Waals surface area (Å²) in [7, 11) is -4.01. The van der Waals surface area contributed by atoms with Gasteiger partial charge in [-0.25, -0.2) is 17.6 Å². The van der Waals surface area contributed by atoms with Crippen LogP contribution in [0.4, 0.5) is 10.1 Å². The zero-order chi connectivity index (χ0) is 21.6. The molecule has 1 unspecified atom stereocenters. The van der Waals surface area contributed by atoms with E-state index in [-0.39, 0.29) is 23.0 Å². The fourth-order valence-corrected chi connectivity index (χ4v) is 3.71. The number of benzene rings is 2. The fraction of sp³-hybridized carbons (Fsp3) is 0.300. The van der Waals surface area contributed by atoms with E-state index in [0.29, 0.717) is 5.69 Å². The van der Waals surface area contributed by atoms with Crippen molar-refractivity contribution in [1.29, 1.82) is 0 Å². The van der Waals surface area contributed by atoms with Gasteiger partial charge in [-0.2, -0.15) is 4.72 Å². The molecular weight excluding hydrogens is 399 g/mol. The minimum Gasteiger partial charge on any atom is -0.459 e. The van der Waals surface area contributed by atoms with Crippen LogP contribution in [-0.2, 0) is 19.6 Å². The monoisotopic (exact) mass is 422 g/mol. The molecule has 1 atom stereocenters. The number of ether oxygens (including phenoxy) is 1. The number of sulfonamides is 1. The molecule has 0 aliphatic carbocycles. The zero-order valence-corrected chi connectivity index (χ0v) is 17.1. The SMILES string of the molecule is CCC(NS(=O)(=O)c1ccc(F)cc1)C(=O)Nc1cccc(C(=O)OC(C)C)c1. The molecule has 0 bridgehead atoms. The molecule has 0 radical (unpaired) electrons. The van der Waals surface area contributed by atoms with Gasteiger partial charge in [-0.15, -0.1) is 0 Å². The van der Waals surface area contributed by atoms with Gasteiger partial charge in [-0.05, 0) is 62.7 Å². The van der Waals surface area contributed by atoms with Crippen LogP contribution in [-0.4, -0.2) is 32.4 Å². The van der Waals surface area contributed by atoms with Crippen LogP contribution in [0, 0.1) is 5.82 Å². The Bertz CT molecular complexity index is 975. The van der Waals surface area contributed by atoms with Crippen molar-refractivity contribution < 1.29 is 27.1 Å². The fourth-order valence-electron chi connectivity index (χ4n) is 2.43. The molecule has 29 heavy (non-hydrogen) atoms. The Balaban J connectivity index is 2.12. The largest absolute Gasteiger partial charge is 0.459 e. The Labute approximate surface area is 169 Å². The second kappa shape index (κ2) is 9.62. The molecular formula is C20H23FN2O5S. The molecule has 7 nitrogen and oxygen atoms in total. The van der Waals surface area contributed by atoms with Crippen LogP contribution in [0.15, 0.2) is 53.4 Å². The van der Waals surface area contributed by atoms with Gasteiger partial charge in [0.25, 0.3) is 0 Å². The average Bonchev–Trinajstić information content (AvgIpc) is 2.66. The third-order valence-electron chi connectivity index (χ3n) is 3.85. The Morgan fingerprint density at radius 2 is 1.76 bits per heavy atom. The first-order valence-electron chi connectivity index (χ1n) is 9.02. The quantitative estimate of drug-likeness (QED) is 0.637. The normalized spacial score (nSPS) is 12.4. The minimum atomic E-state index is -4.01. The first kappa shape index (κ1) is 22.5. The van der Waals surface area contributed by atoms with E-state index in [4.69, 9.17) is 4.74 Å². The number of hydrogen-bond donors (Lipinski definition) is 2. The van der Waals surface area contributed by atoms with Gasteiger partial charge in [0, 0.05) is 5.69 Å². The van der Waals surface area contributed by atoms with Crippen LogP contribution >= 0.6 is 0 Å². The lowest BCUT2D eigenvalue weighted by molar-refractivity contribution is -0.117. The van der Waals surface area contributed by atoms with E-state index in [1.807, 2.05) is 0 Å². The third-order valence-corrected chi connectivity index (χ3v) is 5.34. The Morgan fingerprint density at radius 3 is 2.34 bits per heavy atom. The molecule has 0 fully saturated rings. The smallest absolute Gasteiger partial charge is 0.338 e. The van der Waals surface area contributed by atoms with Crippen molar-refractivity contribution in [2.45, 2.75) is 44.2 Å². The van der Waals surface area contributed by atoms with E-state index in [2.05, 4.69) is 10.0 Å². The lowest BCUT2D eigenvalue weighted by atomic mass is 10.2. The second-order valence-electron chi connectivity index (χ2n) is 6.56. The Morgan fingerprint density at radius 1 is 1.10 bits per heavy atom. The third kappa shape index (κ3) is 6.37.